The average molecular weight is 235 g/mol. The quantitative estimate of drug-likeness (QED) is 0.441. The predicted octanol–water partition coefficient (Wildman–Crippen LogP) is 1.49. The fourth-order valence-corrected chi connectivity index (χ4v) is 3.59. The molecular formula is C14H25N3. The second kappa shape index (κ2) is 5.86. The van der Waals surface area contributed by atoms with Gasteiger partial charge in [-0.1, -0.05) is 0 Å². The highest BCUT2D eigenvalue weighted by Crippen LogP contribution is 2.39. The zero-order chi connectivity index (χ0) is 12.3. The molecular weight excluding hydrogens is 210 g/mol. The van der Waals surface area contributed by atoms with Gasteiger partial charge in [0.2, 0.25) is 0 Å². The maximum absolute atomic E-state index is 5.72. The van der Waals surface area contributed by atoms with E-state index >= 15 is 0 Å². The van der Waals surface area contributed by atoms with Crippen molar-refractivity contribution in [1.82, 2.24) is 10.3 Å². The molecule has 2 rings (SSSR count). The molecule has 17 heavy (non-hydrogen) atoms. The Labute approximate surface area is 105 Å². The van der Waals surface area contributed by atoms with Gasteiger partial charge in [-0.15, -0.1) is 11.8 Å². The first kappa shape index (κ1) is 12.9. The van der Waals surface area contributed by atoms with Crippen LogP contribution < -0.4 is 11.3 Å². The molecule has 2 bridgehead atoms. The van der Waals surface area contributed by atoms with Gasteiger partial charge in [0.15, 0.2) is 0 Å². The van der Waals surface area contributed by atoms with Crippen LogP contribution in [-0.4, -0.2) is 30.1 Å². The largest absolute Gasteiger partial charge is 0.300 e. The third-order valence-corrected chi connectivity index (χ3v) is 4.67. The molecule has 3 heteroatoms. The molecule has 0 aromatic carbocycles. The van der Waals surface area contributed by atoms with Crippen LogP contribution >= 0.6 is 0 Å². The molecule has 0 amide bonds. The summed E-state index contributed by atoms with van der Waals surface area (Å²) < 4.78 is 0. The summed E-state index contributed by atoms with van der Waals surface area (Å²) in [6.07, 6.45) is 7.43. The first-order valence-electron chi connectivity index (χ1n) is 6.84. The van der Waals surface area contributed by atoms with Gasteiger partial charge in [0, 0.05) is 24.5 Å². The van der Waals surface area contributed by atoms with Gasteiger partial charge in [-0.3, -0.25) is 11.3 Å². The minimum Gasteiger partial charge on any atom is -0.300 e. The van der Waals surface area contributed by atoms with Crippen molar-refractivity contribution in [2.24, 2.45) is 11.8 Å². The topological polar surface area (TPSA) is 41.3 Å². The lowest BCUT2D eigenvalue weighted by Crippen LogP contribution is -2.48. The molecule has 2 aliphatic heterocycles. The minimum absolute atomic E-state index is 0.452. The van der Waals surface area contributed by atoms with E-state index in [0.29, 0.717) is 6.04 Å². The molecule has 0 aromatic heterocycles. The molecule has 2 aliphatic rings. The van der Waals surface area contributed by atoms with E-state index in [9.17, 15) is 0 Å². The van der Waals surface area contributed by atoms with Gasteiger partial charge in [-0.2, -0.15) is 0 Å². The normalized spacial score (nSPS) is 34.2. The fraction of sp³-hybridized carbons (Fsp3) is 0.857. The minimum atomic E-state index is 0.452. The summed E-state index contributed by atoms with van der Waals surface area (Å²) in [5, 5.41) is 0. The zero-order valence-corrected chi connectivity index (χ0v) is 11.1. The highest BCUT2D eigenvalue weighted by Gasteiger charge is 2.40. The second-order valence-electron chi connectivity index (χ2n) is 5.52. The third-order valence-electron chi connectivity index (χ3n) is 4.67. The first-order chi connectivity index (χ1) is 8.26. The van der Waals surface area contributed by atoms with E-state index < -0.39 is 0 Å². The number of rotatable bonds is 4. The fourth-order valence-electron chi connectivity index (χ4n) is 3.59. The molecule has 2 saturated heterocycles. The van der Waals surface area contributed by atoms with Crippen LogP contribution in [0.3, 0.4) is 0 Å². The van der Waals surface area contributed by atoms with Crippen LogP contribution in [0.15, 0.2) is 0 Å². The molecule has 3 atom stereocenters. The molecule has 3 N–H and O–H groups in total. The lowest BCUT2D eigenvalue weighted by Gasteiger charge is -2.39. The van der Waals surface area contributed by atoms with Crippen LogP contribution in [0.25, 0.3) is 0 Å². The molecule has 2 heterocycles. The summed E-state index contributed by atoms with van der Waals surface area (Å²) in [5.41, 5.74) is 3.03. The molecule has 0 aromatic rings. The number of nitrogens with one attached hydrogen (secondary N) is 1. The molecule has 0 saturated carbocycles. The van der Waals surface area contributed by atoms with Crippen LogP contribution in [0, 0.1) is 17.8 Å². The van der Waals surface area contributed by atoms with Crippen molar-refractivity contribution in [2.45, 2.75) is 63.6 Å². The Bertz CT molecular complexity index is 290. The standard InChI is InChI=1S/C14H25N3/c1-3-4-5-6-14(16-15)11-9-12-7-8-13(10-11)17(12)2/h11-14,16H,5-10,15H2,1-2H3. The van der Waals surface area contributed by atoms with Gasteiger partial charge < -0.3 is 4.90 Å². The number of hydrogen-bond donors (Lipinski definition) is 2. The zero-order valence-electron chi connectivity index (χ0n) is 11.1. The molecule has 96 valence electrons. The Balaban J connectivity index is 1.89. The first-order valence-corrected chi connectivity index (χ1v) is 6.84. The van der Waals surface area contributed by atoms with Crippen molar-refractivity contribution in [3.05, 3.63) is 0 Å². The van der Waals surface area contributed by atoms with Gasteiger partial charge >= 0.3 is 0 Å². The van der Waals surface area contributed by atoms with E-state index in [1.54, 1.807) is 0 Å². The summed E-state index contributed by atoms with van der Waals surface area (Å²) in [4.78, 5) is 2.58. The number of nitrogens with zero attached hydrogens (tertiary/aromatic N) is 1. The van der Waals surface area contributed by atoms with Gasteiger partial charge in [0.05, 0.1) is 0 Å². The molecule has 0 aliphatic carbocycles. The maximum atomic E-state index is 5.72. The van der Waals surface area contributed by atoms with E-state index in [4.69, 9.17) is 5.84 Å². The van der Waals surface area contributed by atoms with Gasteiger partial charge in [-0.25, -0.2) is 0 Å². The molecule has 3 unspecified atom stereocenters. The SMILES string of the molecule is CC#CCCC(NN)C1CC2CCC(C1)N2C. The van der Waals surface area contributed by atoms with Crippen molar-refractivity contribution >= 4 is 0 Å². The van der Waals surface area contributed by atoms with Gasteiger partial charge in [-0.05, 0) is 52.0 Å². The number of hydrazine groups is 1. The Morgan fingerprint density at radius 2 is 2.00 bits per heavy atom. The molecule has 2 fully saturated rings. The van der Waals surface area contributed by atoms with E-state index in [0.717, 1.165) is 30.8 Å². The van der Waals surface area contributed by atoms with E-state index in [1.165, 1.54) is 25.7 Å². The second-order valence-corrected chi connectivity index (χ2v) is 5.52. The van der Waals surface area contributed by atoms with Crippen LogP contribution in [0.5, 0.6) is 0 Å². The average Bonchev–Trinajstić information content (AvgIpc) is 2.56. The summed E-state index contributed by atoms with van der Waals surface area (Å²) in [7, 11) is 2.28. The van der Waals surface area contributed by atoms with Crippen LogP contribution in [0.2, 0.25) is 0 Å². The Morgan fingerprint density at radius 1 is 1.35 bits per heavy atom. The monoisotopic (exact) mass is 235 g/mol. The lowest BCUT2D eigenvalue weighted by molar-refractivity contribution is 0.110. The Hall–Kier alpha value is -0.560. The summed E-state index contributed by atoms with van der Waals surface area (Å²) in [5.74, 6) is 12.6. The maximum Gasteiger partial charge on any atom is 0.0249 e. The smallest absolute Gasteiger partial charge is 0.0249 e. The van der Waals surface area contributed by atoms with E-state index in [-0.39, 0.29) is 0 Å². The van der Waals surface area contributed by atoms with Crippen LogP contribution in [0.1, 0.15) is 45.4 Å². The lowest BCUT2D eigenvalue weighted by atomic mass is 9.83. The Morgan fingerprint density at radius 3 is 2.53 bits per heavy atom. The molecule has 0 radical (unpaired) electrons. The summed E-state index contributed by atoms with van der Waals surface area (Å²) in [6, 6.07) is 2.05. The summed E-state index contributed by atoms with van der Waals surface area (Å²) in [6.45, 7) is 1.90. The van der Waals surface area contributed by atoms with E-state index in [2.05, 4.69) is 29.2 Å². The number of piperidine rings is 1. The van der Waals surface area contributed by atoms with Crippen LogP contribution in [0.4, 0.5) is 0 Å². The van der Waals surface area contributed by atoms with Gasteiger partial charge in [0.25, 0.3) is 0 Å². The van der Waals surface area contributed by atoms with Crippen molar-refractivity contribution in [3.63, 3.8) is 0 Å². The third kappa shape index (κ3) is 2.82. The van der Waals surface area contributed by atoms with Crippen LogP contribution in [-0.2, 0) is 0 Å². The van der Waals surface area contributed by atoms with Crippen molar-refractivity contribution in [1.29, 1.82) is 0 Å². The van der Waals surface area contributed by atoms with Gasteiger partial charge in [0.1, 0.15) is 0 Å². The molecule has 3 nitrogen and oxygen atoms in total. The highest BCUT2D eigenvalue weighted by atomic mass is 15.2. The number of hydrogen-bond acceptors (Lipinski definition) is 3. The number of nitrogens with two attached hydrogens (primary N) is 1. The van der Waals surface area contributed by atoms with Crippen molar-refractivity contribution in [3.8, 4) is 11.8 Å². The predicted molar refractivity (Wildman–Crippen MR) is 71.1 cm³/mol. The Kier molecular flexibility index (Phi) is 4.44. The van der Waals surface area contributed by atoms with Crippen molar-refractivity contribution in [2.75, 3.05) is 7.05 Å². The van der Waals surface area contributed by atoms with E-state index in [1.807, 2.05) is 6.92 Å². The number of fused-ring (bicyclic) bond motifs is 2. The molecule has 0 spiro atoms. The highest BCUT2D eigenvalue weighted by molar-refractivity contribution is 4.99. The van der Waals surface area contributed by atoms with Crippen molar-refractivity contribution < 1.29 is 0 Å². The summed E-state index contributed by atoms with van der Waals surface area (Å²) >= 11 is 0.